The van der Waals surface area contributed by atoms with Gasteiger partial charge in [0.05, 0.1) is 29.9 Å². The summed E-state index contributed by atoms with van der Waals surface area (Å²) < 4.78 is 11.5. The van der Waals surface area contributed by atoms with Crippen LogP contribution in [0.15, 0.2) is 64.0 Å². The van der Waals surface area contributed by atoms with Gasteiger partial charge >= 0.3 is 6.03 Å². The third-order valence-electron chi connectivity index (χ3n) is 6.80. The number of hydrogen-bond acceptors (Lipinski definition) is 5. The lowest BCUT2D eigenvalue weighted by Crippen LogP contribution is -2.49. The molecule has 0 spiro atoms. The van der Waals surface area contributed by atoms with Gasteiger partial charge in [0, 0.05) is 26.2 Å². The molecular weight excluding hydrogens is 482 g/mol. The second-order valence-electron chi connectivity index (χ2n) is 9.93. The van der Waals surface area contributed by atoms with E-state index in [0.29, 0.717) is 42.8 Å². The SMILES string of the molecule is CCCCNC(=O)N(CC(=O)N(Cc1ccccc1)Cc1coc2ccc(C)cc2c1=O)CC1CCCO1. The number of amides is 3. The highest BCUT2D eigenvalue weighted by molar-refractivity contribution is 5.84. The van der Waals surface area contributed by atoms with E-state index in [-0.39, 0.29) is 36.6 Å². The van der Waals surface area contributed by atoms with E-state index >= 15 is 0 Å². The number of nitrogens with zero attached hydrogens (tertiary/aromatic N) is 2. The highest BCUT2D eigenvalue weighted by Crippen LogP contribution is 2.17. The molecule has 38 heavy (non-hydrogen) atoms. The molecule has 1 saturated heterocycles. The van der Waals surface area contributed by atoms with Crippen molar-refractivity contribution in [1.29, 1.82) is 0 Å². The van der Waals surface area contributed by atoms with Crippen molar-refractivity contribution in [1.82, 2.24) is 15.1 Å². The molecule has 0 saturated carbocycles. The van der Waals surface area contributed by atoms with Gasteiger partial charge < -0.3 is 24.3 Å². The zero-order chi connectivity index (χ0) is 26.9. The van der Waals surface area contributed by atoms with E-state index in [2.05, 4.69) is 12.2 Å². The van der Waals surface area contributed by atoms with Crippen molar-refractivity contribution in [2.45, 2.75) is 58.7 Å². The maximum Gasteiger partial charge on any atom is 0.317 e. The number of carbonyl (C=O) groups excluding carboxylic acids is 2. The number of aryl methyl sites for hydroxylation is 1. The van der Waals surface area contributed by atoms with Crippen molar-refractivity contribution < 1.29 is 18.7 Å². The first-order valence-electron chi connectivity index (χ1n) is 13.4. The molecule has 2 heterocycles. The van der Waals surface area contributed by atoms with Gasteiger partial charge in [-0.1, -0.05) is 55.3 Å². The van der Waals surface area contributed by atoms with Crippen molar-refractivity contribution in [3.63, 3.8) is 0 Å². The lowest BCUT2D eigenvalue weighted by molar-refractivity contribution is -0.133. The van der Waals surface area contributed by atoms with Gasteiger partial charge in [-0.3, -0.25) is 9.59 Å². The Morgan fingerprint density at radius 3 is 2.63 bits per heavy atom. The molecule has 3 aromatic rings. The van der Waals surface area contributed by atoms with E-state index < -0.39 is 0 Å². The second kappa shape index (κ2) is 13.2. The minimum Gasteiger partial charge on any atom is -0.464 e. The van der Waals surface area contributed by atoms with E-state index in [1.807, 2.05) is 43.3 Å². The Morgan fingerprint density at radius 2 is 1.89 bits per heavy atom. The largest absolute Gasteiger partial charge is 0.464 e. The van der Waals surface area contributed by atoms with Crippen LogP contribution in [0.25, 0.3) is 11.0 Å². The van der Waals surface area contributed by atoms with E-state index in [9.17, 15) is 14.4 Å². The molecule has 8 heteroatoms. The van der Waals surface area contributed by atoms with E-state index in [1.54, 1.807) is 17.0 Å². The second-order valence-corrected chi connectivity index (χ2v) is 9.93. The molecule has 1 unspecified atom stereocenters. The van der Waals surface area contributed by atoms with Crippen molar-refractivity contribution in [2.75, 3.05) is 26.2 Å². The molecule has 1 N–H and O–H groups in total. The first-order valence-corrected chi connectivity index (χ1v) is 13.4. The zero-order valence-electron chi connectivity index (χ0n) is 22.3. The van der Waals surface area contributed by atoms with Crippen molar-refractivity contribution in [3.05, 3.63) is 81.7 Å². The summed E-state index contributed by atoms with van der Waals surface area (Å²) in [7, 11) is 0. The Hall–Kier alpha value is -3.65. The number of unbranched alkanes of at least 4 members (excludes halogenated alkanes) is 1. The van der Waals surface area contributed by atoms with Gasteiger partial charge in [0.1, 0.15) is 12.1 Å². The average Bonchev–Trinajstić information content (AvgIpc) is 3.43. The van der Waals surface area contributed by atoms with Crippen LogP contribution >= 0.6 is 0 Å². The smallest absolute Gasteiger partial charge is 0.317 e. The van der Waals surface area contributed by atoms with Crippen LogP contribution in [0.2, 0.25) is 0 Å². The molecule has 1 aromatic heterocycles. The highest BCUT2D eigenvalue weighted by Gasteiger charge is 2.27. The molecular formula is C30H37N3O5. The summed E-state index contributed by atoms with van der Waals surface area (Å²) in [6.07, 6.45) is 4.99. The number of urea groups is 1. The molecule has 0 radical (unpaired) electrons. The monoisotopic (exact) mass is 519 g/mol. The Labute approximate surface area is 223 Å². The maximum absolute atomic E-state index is 13.7. The molecule has 8 nitrogen and oxygen atoms in total. The Kier molecular flexibility index (Phi) is 9.54. The third kappa shape index (κ3) is 7.22. The average molecular weight is 520 g/mol. The lowest BCUT2D eigenvalue weighted by Gasteiger charge is -2.29. The quantitative estimate of drug-likeness (QED) is 0.373. The fourth-order valence-electron chi connectivity index (χ4n) is 4.64. The van der Waals surface area contributed by atoms with Crippen LogP contribution in [0.1, 0.15) is 49.3 Å². The van der Waals surface area contributed by atoms with Gasteiger partial charge in [-0.2, -0.15) is 0 Å². The predicted octanol–water partition coefficient (Wildman–Crippen LogP) is 4.62. The number of ether oxygens (including phenoxy) is 1. The molecule has 1 atom stereocenters. The van der Waals surface area contributed by atoms with Gasteiger partial charge in [0.15, 0.2) is 5.43 Å². The summed E-state index contributed by atoms with van der Waals surface area (Å²) in [6, 6.07) is 14.8. The fraction of sp³-hybridized carbons (Fsp3) is 0.433. The van der Waals surface area contributed by atoms with Crippen molar-refractivity contribution >= 4 is 22.9 Å². The van der Waals surface area contributed by atoms with Gasteiger partial charge in [-0.05, 0) is 43.9 Å². The van der Waals surface area contributed by atoms with Crippen molar-refractivity contribution in [2.24, 2.45) is 0 Å². The van der Waals surface area contributed by atoms with Crippen LogP contribution in [0.4, 0.5) is 4.79 Å². The normalized spacial score (nSPS) is 14.9. The molecule has 2 aromatic carbocycles. The van der Waals surface area contributed by atoms with Gasteiger partial charge in [-0.15, -0.1) is 0 Å². The summed E-state index contributed by atoms with van der Waals surface area (Å²) in [5.74, 6) is -0.249. The molecule has 1 fully saturated rings. The third-order valence-corrected chi connectivity index (χ3v) is 6.80. The van der Waals surface area contributed by atoms with Crippen LogP contribution in [-0.2, 0) is 22.6 Å². The number of nitrogens with one attached hydrogen (secondary N) is 1. The van der Waals surface area contributed by atoms with E-state index in [1.165, 1.54) is 11.2 Å². The number of benzene rings is 2. The van der Waals surface area contributed by atoms with Crippen LogP contribution < -0.4 is 10.7 Å². The van der Waals surface area contributed by atoms with Gasteiger partial charge in [0.2, 0.25) is 5.91 Å². The first-order chi connectivity index (χ1) is 18.4. The van der Waals surface area contributed by atoms with Crippen LogP contribution in [0.5, 0.6) is 0 Å². The summed E-state index contributed by atoms with van der Waals surface area (Å²) in [6.45, 7) is 5.82. The Bertz CT molecular complexity index is 1280. The Morgan fingerprint density at radius 1 is 1.08 bits per heavy atom. The predicted molar refractivity (Wildman–Crippen MR) is 147 cm³/mol. The zero-order valence-corrected chi connectivity index (χ0v) is 22.3. The highest BCUT2D eigenvalue weighted by atomic mass is 16.5. The summed E-state index contributed by atoms with van der Waals surface area (Å²) in [5, 5.41) is 3.42. The molecule has 0 aliphatic carbocycles. The summed E-state index contributed by atoms with van der Waals surface area (Å²) in [4.78, 5) is 43.2. The number of carbonyl (C=O) groups is 2. The van der Waals surface area contributed by atoms with Crippen LogP contribution in [0.3, 0.4) is 0 Å². The number of fused-ring (bicyclic) bond motifs is 1. The molecule has 202 valence electrons. The fourth-order valence-corrected chi connectivity index (χ4v) is 4.64. The first kappa shape index (κ1) is 27.4. The minimum absolute atomic E-state index is 0.0746. The Balaban J connectivity index is 1.58. The van der Waals surface area contributed by atoms with E-state index in [4.69, 9.17) is 9.15 Å². The summed E-state index contributed by atoms with van der Waals surface area (Å²) >= 11 is 0. The molecule has 1 aliphatic heterocycles. The molecule has 1 aliphatic rings. The van der Waals surface area contributed by atoms with Crippen LogP contribution in [0, 0.1) is 6.92 Å². The van der Waals surface area contributed by atoms with Gasteiger partial charge in [0.25, 0.3) is 0 Å². The van der Waals surface area contributed by atoms with Crippen LogP contribution in [-0.4, -0.2) is 54.1 Å². The standard InChI is InChI=1S/C30H37N3O5/c1-3-4-14-31-30(36)33(19-25-11-8-15-37-25)20-28(34)32(17-23-9-6-5-7-10-23)18-24-21-38-27-13-12-22(2)16-26(27)29(24)35/h5-7,9-10,12-13,16,21,25H,3-4,8,11,14-15,17-20H2,1-2H3,(H,31,36). The topological polar surface area (TPSA) is 92.1 Å². The number of rotatable bonds is 11. The summed E-state index contributed by atoms with van der Waals surface area (Å²) in [5.41, 5.74) is 2.63. The molecule has 0 bridgehead atoms. The maximum atomic E-state index is 13.7. The molecule has 4 rings (SSSR count). The molecule has 3 amide bonds. The van der Waals surface area contributed by atoms with Gasteiger partial charge in [-0.25, -0.2) is 4.79 Å². The van der Waals surface area contributed by atoms with Crippen molar-refractivity contribution in [3.8, 4) is 0 Å². The van der Waals surface area contributed by atoms with E-state index in [0.717, 1.165) is 36.8 Å². The number of hydrogen-bond donors (Lipinski definition) is 1. The minimum atomic E-state index is -0.275. The lowest BCUT2D eigenvalue weighted by atomic mass is 10.1.